The van der Waals surface area contributed by atoms with Gasteiger partial charge in [-0.25, -0.2) is 0 Å². The lowest BCUT2D eigenvalue weighted by Crippen LogP contribution is -2.57. The number of halogens is 1. The van der Waals surface area contributed by atoms with E-state index in [0.717, 1.165) is 0 Å². The lowest BCUT2D eigenvalue weighted by Gasteiger charge is -2.49. The molecular weight excluding hydrogens is 472 g/mol. The minimum absolute atomic E-state index is 0.159. The van der Waals surface area contributed by atoms with Crippen LogP contribution in [-0.4, -0.2) is 27.2 Å². The van der Waals surface area contributed by atoms with Crippen LogP contribution in [-0.2, 0) is 15.3 Å². The molecule has 35 heavy (non-hydrogen) atoms. The van der Waals surface area contributed by atoms with E-state index in [1.54, 1.807) is 43.3 Å². The summed E-state index contributed by atoms with van der Waals surface area (Å²) >= 11 is 6.08. The van der Waals surface area contributed by atoms with Gasteiger partial charge in [0.05, 0.1) is 45.5 Å². The average molecular weight is 493 g/mol. The normalized spacial score (nSPS) is 28.1. The first-order valence-corrected chi connectivity index (χ1v) is 10.9. The molecule has 2 saturated heterocycles. The van der Waals surface area contributed by atoms with Gasteiger partial charge >= 0.3 is 0 Å². The second-order valence-corrected chi connectivity index (χ2v) is 8.64. The number of ether oxygens (including phenoxy) is 5. The quantitative estimate of drug-likeness (QED) is 0.643. The SMILES string of the molecule is COc1ccc(C2OC3(c4ccc(Cl)cc4)OC(=N)C(C#N)(C3C)C2(C#N)C#N)c(OC)c1OC. The Morgan fingerprint density at radius 2 is 1.54 bits per heavy atom. The van der Waals surface area contributed by atoms with Gasteiger partial charge in [0, 0.05) is 16.1 Å². The van der Waals surface area contributed by atoms with Gasteiger partial charge in [0.15, 0.2) is 16.9 Å². The van der Waals surface area contributed by atoms with Gasteiger partial charge in [0.1, 0.15) is 6.10 Å². The molecule has 4 atom stereocenters. The topological polar surface area (TPSA) is 141 Å². The van der Waals surface area contributed by atoms with Gasteiger partial charge < -0.3 is 23.7 Å². The highest BCUT2D eigenvalue weighted by molar-refractivity contribution is 6.30. The molecule has 178 valence electrons. The van der Waals surface area contributed by atoms with E-state index in [0.29, 0.717) is 16.3 Å². The Balaban J connectivity index is 2.08. The Morgan fingerprint density at radius 3 is 2.06 bits per heavy atom. The van der Waals surface area contributed by atoms with Crippen molar-refractivity contribution in [2.75, 3.05) is 21.3 Å². The number of hydrogen-bond acceptors (Lipinski definition) is 9. The molecule has 2 heterocycles. The number of methoxy groups -OCH3 is 3. The maximum absolute atomic E-state index is 10.5. The number of benzene rings is 2. The monoisotopic (exact) mass is 492 g/mol. The Kier molecular flexibility index (Phi) is 5.77. The van der Waals surface area contributed by atoms with Gasteiger partial charge in [-0.2, -0.15) is 15.8 Å². The summed E-state index contributed by atoms with van der Waals surface area (Å²) in [6.45, 7) is 1.63. The van der Waals surface area contributed by atoms with Gasteiger partial charge in [0.25, 0.3) is 0 Å². The lowest BCUT2D eigenvalue weighted by atomic mass is 9.53. The molecule has 0 saturated carbocycles. The zero-order valence-corrected chi connectivity index (χ0v) is 20.1. The van der Waals surface area contributed by atoms with Crippen LogP contribution < -0.4 is 14.2 Å². The summed E-state index contributed by atoms with van der Waals surface area (Å²) in [4.78, 5) is 0. The van der Waals surface area contributed by atoms with Crippen molar-refractivity contribution in [2.24, 2.45) is 16.7 Å². The van der Waals surface area contributed by atoms with Crippen LogP contribution in [0.15, 0.2) is 36.4 Å². The predicted octanol–water partition coefficient (Wildman–Crippen LogP) is 4.48. The predicted molar refractivity (Wildman–Crippen MR) is 123 cm³/mol. The van der Waals surface area contributed by atoms with Crippen LogP contribution >= 0.6 is 11.6 Å². The smallest absolute Gasteiger partial charge is 0.244 e. The molecule has 2 aliphatic heterocycles. The molecule has 9 nitrogen and oxygen atoms in total. The fourth-order valence-electron chi connectivity index (χ4n) is 5.16. The molecule has 4 rings (SSSR count). The third-order valence-electron chi connectivity index (χ3n) is 6.93. The molecular formula is C25H21ClN4O5. The van der Waals surface area contributed by atoms with Crippen molar-refractivity contribution in [1.82, 2.24) is 0 Å². The van der Waals surface area contributed by atoms with Crippen molar-refractivity contribution in [2.45, 2.75) is 18.8 Å². The van der Waals surface area contributed by atoms with Gasteiger partial charge in [-0.05, 0) is 24.3 Å². The van der Waals surface area contributed by atoms with Crippen LogP contribution in [0.1, 0.15) is 24.2 Å². The zero-order valence-electron chi connectivity index (χ0n) is 19.4. The highest BCUT2D eigenvalue weighted by Gasteiger charge is 2.80. The third-order valence-corrected chi connectivity index (χ3v) is 7.18. The molecule has 1 N–H and O–H groups in total. The highest BCUT2D eigenvalue weighted by Crippen LogP contribution is 2.69. The maximum atomic E-state index is 10.5. The molecule has 2 aromatic rings. The molecule has 0 aliphatic carbocycles. The molecule has 0 spiro atoms. The number of rotatable bonds is 5. The largest absolute Gasteiger partial charge is 0.493 e. The van der Waals surface area contributed by atoms with E-state index in [1.165, 1.54) is 21.3 Å². The van der Waals surface area contributed by atoms with Gasteiger partial charge in [0.2, 0.25) is 22.8 Å². The summed E-state index contributed by atoms with van der Waals surface area (Å²) in [6.07, 6.45) is -1.37. The molecule has 2 aromatic carbocycles. The number of fused-ring (bicyclic) bond motifs is 2. The van der Waals surface area contributed by atoms with E-state index < -0.39 is 34.5 Å². The van der Waals surface area contributed by atoms with E-state index >= 15 is 0 Å². The number of nitrogens with zero attached hydrogens (tertiary/aromatic N) is 3. The van der Waals surface area contributed by atoms with Crippen LogP contribution in [0, 0.1) is 56.2 Å². The van der Waals surface area contributed by atoms with Crippen molar-refractivity contribution in [1.29, 1.82) is 21.2 Å². The molecule has 0 aromatic heterocycles. The molecule has 2 fully saturated rings. The molecule has 4 unspecified atom stereocenters. The average Bonchev–Trinajstić information content (AvgIpc) is 3.04. The second-order valence-electron chi connectivity index (χ2n) is 8.20. The summed E-state index contributed by atoms with van der Waals surface area (Å²) in [5.41, 5.74) is -3.39. The Hall–Kier alpha value is -3.97. The van der Waals surface area contributed by atoms with Gasteiger partial charge in [-0.15, -0.1) is 0 Å². The van der Waals surface area contributed by atoms with E-state index in [4.69, 9.17) is 40.7 Å². The van der Waals surface area contributed by atoms with Crippen molar-refractivity contribution in [3.05, 3.63) is 52.5 Å². The Labute approximate surface area is 207 Å². The van der Waals surface area contributed by atoms with E-state index in [2.05, 4.69) is 6.07 Å². The third kappa shape index (κ3) is 2.85. The first-order valence-electron chi connectivity index (χ1n) is 10.5. The number of nitriles is 3. The maximum Gasteiger partial charge on any atom is 0.244 e. The standard InChI is InChI=1S/C25H21ClN4O5/c1-14-24(13-29)22(30)35-25(14,15-5-7-16(26)8-6-15)34-21(23(24,11-27)12-28)17-9-10-18(31-2)20(33-4)19(17)32-3/h5-10,14,21,30H,1-4H3. The summed E-state index contributed by atoms with van der Waals surface area (Å²) < 4.78 is 29.0. The van der Waals surface area contributed by atoms with Crippen molar-refractivity contribution in [3.63, 3.8) is 0 Å². The summed E-state index contributed by atoms with van der Waals surface area (Å²) in [5, 5.41) is 40.5. The zero-order chi connectivity index (χ0) is 25.6. The van der Waals surface area contributed by atoms with Crippen LogP contribution in [0.3, 0.4) is 0 Å². The summed E-state index contributed by atoms with van der Waals surface area (Å²) in [7, 11) is 4.28. The first-order chi connectivity index (χ1) is 16.8. The number of nitrogens with one attached hydrogen (secondary N) is 1. The van der Waals surface area contributed by atoms with E-state index in [1.807, 2.05) is 12.1 Å². The summed E-state index contributed by atoms with van der Waals surface area (Å²) in [6, 6.07) is 15.9. The Morgan fingerprint density at radius 1 is 0.914 bits per heavy atom. The fraction of sp³-hybridized carbons (Fsp3) is 0.360. The first kappa shape index (κ1) is 24.2. The van der Waals surface area contributed by atoms with Gasteiger partial charge in [-0.3, -0.25) is 5.41 Å². The molecule has 0 amide bonds. The van der Waals surface area contributed by atoms with Crippen molar-refractivity contribution < 1.29 is 23.7 Å². The second kappa shape index (κ2) is 8.36. The van der Waals surface area contributed by atoms with E-state index in [9.17, 15) is 15.8 Å². The van der Waals surface area contributed by atoms with Crippen molar-refractivity contribution in [3.8, 4) is 35.5 Å². The van der Waals surface area contributed by atoms with Crippen molar-refractivity contribution >= 4 is 17.5 Å². The van der Waals surface area contributed by atoms with Crippen LogP contribution in [0.4, 0.5) is 0 Å². The molecule has 2 bridgehead atoms. The Bertz CT molecular complexity index is 1310. The summed E-state index contributed by atoms with van der Waals surface area (Å²) in [5.74, 6) is -2.35. The lowest BCUT2D eigenvalue weighted by molar-refractivity contribution is -0.288. The highest BCUT2D eigenvalue weighted by atomic mass is 35.5. The minimum Gasteiger partial charge on any atom is -0.493 e. The molecule has 0 radical (unpaired) electrons. The van der Waals surface area contributed by atoms with Crippen LogP contribution in [0.5, 0.6) is 17.2 Å². The van der Waals surface area contributed by atoms with Gasteiger partial charge in [-0.1, -0.05) is 30.7 Å². The fourth-order valence-corrected chi connectivity index (χ4v) is 5.29. The van der Waals surface area contributed by atoms with Crippen LogP contribution in [0.25, 0.3) is 0 Å². The van der Waals surface area contributed by atoms with E-state index in [-0.39, 0.29) is 17.1 Å². The molecule has 10 heteroatoms. The number of hydrogen-bond donors (Lipinski definition) is 1. The minimum atomic E-state index is -2.17. The van der Waals surface area contributed by atoms with Crippen LogP contribution in [0.2, 0.25) is 5.02 Å². The molecule has 2 aliphatic rings.